The monoisotopic (exact) mass is 368 g/mol. The number of amides is 1. The van der Waals surface area contributed by atoms with E-state index < -0.39 is 22.7 Å². The van der Waals surface area contributed by atoms with Crippen molar-refractivity contribution in [3.63, 3.8) is 0 Å². The van der Waals surface area contributed by atoms with Crippen molar-refractivity contribution in [2.24, 2.45) is 16.0 Å². The molecule has 1 unspecified atom stereocenters. The van der Waals surface area contributed by atoms with Crippen molar-refractivity contribution >= 4 is 29.0 Å². The second-order valence-corrected chi connectivity index (χ2v) is 6.05. The molecule has 1 N–H and O–H groups in total. The Morgan fingerprint density at radius 2 is 2.11 bits per heavy atom. The van der Waals surface area contributed by atoms with Gasteiger partial charge >= 0.3 is 5.97 Å². The minimum atomic E-state index is -1.22. The first-order valence-electron chi connectivity index (χ1n) is 8.17. The number of rotatable bonds is 5. The summed E-state index contributed by atoms with van der Waals surface area (Å²) in [6.07, 6.45) is 2.64. The average molecular weight is 368 g/mol. The number of allylic oxidation sites excluding steroid dienone is 1. The van der Waals surface area contributed by atoms with Gasteiger partial charge in [0.25, 0.3) is 11.6 Å². The van der Waals surface area contributed by atoms with Gasteiger partial charge in [-0.1, -0.05) is 24.3 Å². The summed E-state index contributed by atoms with van der Waals surface area (Å²) in [4.78, 5) is 38.5. The van der Waals surface area contributed by atoms with E-state index in [0.717, 1.165) is 6.08 Å². The number of carbonyl (C=O) groups excluding carboxylic acids is 1. The van der Waals surface area contributed by atoms with Crippen molar-refractivity contribution in [1.82, 2.24) is 0 Å². The molecule has 1 aliphatic heterocycles. The van der Waals surface area contributed by atoms with Crippen molar-refractivity contribution < 1.29 is 19.6 Å². The summed E-state index contributed by atoms with van der Waals surface area (Å²) in [5.41, 5.74) is 0.835. The minimum absolute atomic E-state index is 0.00717. The quantitative estimate of drug-likeness (QED) is 0.629. The highest BCUT2D eigenvalue weighted by Crippen LogP contribution is 2.26. The standard InChI is InChI=1S/C18H16N4O5/c1-11-16(17(23)21(20-11)14-5-3-2-4-6-14)19-10-13-8-7-12(18(24)25)9-15(13)22(26)27/h2-7,9,13H,8,10H2,1H3,(H,24,25). The third kappa shape index (κ3) is 3.66. The fourth-order valence-electron chi connectivity index (χ4n) is 2.87. The van der Waals surface area contributed by atoms with Crippen LogP contribution in [-0.2, 0) is 9.59 Å². The van der Waals surface area contributed by atoms with E-state index in [1.807, 2.05) is 6.07 Å². The zero-order chi connectivity index (χ0) is 19.6. The van der Waals surface area contributed by atoms with Crippen molar-refractivity contribution in [3.05, 3.63) is 63.9 Å². The first-order valence-corrected chi connectivity index (χ1v) is 8.17. The van der Waals surface area contributed by atoms with Gasteiger partial charge in [-0.15, -0.1) is 0 Å². The molecule has 0 spiro atoms. The van der Waals surface area contributed by atoms with Crippen LogP contribution in [-0.4, -0.2) is 39.9 Å². The van der Waals surface area contributed by atoms with Crippen LogP contribution in [0.15, 0.2) is 63.8 Å². The lowest BCUT2D eigenvalue weighted by Gasteiger charge is -2.15. The maximum atomic E-state index is 12.6. The Bertz CT molecular complexity index is 930. The summed E-state index contributed by atoms with van der Waals surface area (Å²) in [5, 5.41) is 25.7. The normalized spacial score (nSPS) is 21.0. The van der Waals surface area contributed by atoms with Gasteiger partial charge < -0.3 is 5.11 Å². The van der Waals surface area contributed by atoms with E-state index in [0.29, 0.717) is 11.4 Å². The van der Waals surface area contributed by atoms with Gasteiger partial charge in [0, 0.05) is 6.08 Å². The van der Waals surface area contributed by atoms with Gasteiger partial charge in [-0.05, 0) is 25.5 Å². The van der Waals surface area contributed by atoms with Gasteiger partial charge in [-0.3, -0.25) is 19.9 Å². The molecule has 1 heterocycles. The second-order valence-electron chi connectivity index (χ2n) is 6.05. The maximum Gasteiger partial charge on any atom is 0.335 e. The molecule has 27 heavy (non-hydrogen) atoms. The number of carboxylic acid groups (broad SMARTS) is 1. The largest absolute Gasteiger partial charge is 0.478 e. The number of para-hydroxylation sites is 1. The summed E-state index contributed by atoms with van der Waals surface area (Å²) in [6.45, 7) is 1.64. The van der Waals surface area contributed by atoms with E-state index >= 15 is 0 Å². The van der Waals surface area contributed by atoms with E-state index in [1.54, 1.807) is 31.2 Å². The number of carboxylic acids is 1. The number of hydrogen-bond acceptors (Lipinski definition) is 6. The van der Waals surface area contributed by atoms with Crippen LogP contribution in [0.5, 0.6) is 0 Å². The number of benzene rings is 1. The van der Waals surface area contributed by atoms with E-state index in [9.17, 15) is 19.7 Å². The topological polar surface area (TPSA) is 125 Å². The van der Waals surface area contributed by atoms with Gasteiger partial charge in [0.1, 0.15) is 5.71 Å². The number of nitrogens with zero attached hydrogens (tertiary/aromatic N) is 4. The molecule has 1 atom stereocenters. The van der Waals surface area contributed by atoms with Gasteiger partial charge in [0.15, 0.2) is 0 Å². The fraction of sp³-hybridized carbons (Fsp3) is 0.222. The van der Waals surface area contributed by atoms with Gasteiger partial charge in [0.05, 0.1) is 34.4 Å². The lowest BCUT2D eigenvalue weighted by molar-refractivity contribution is -0.433. The number of aliphatic imine (C=N–C) groups is 1. The van der Waals surface area contributed by atoms with E-state index in [2.05, 4.69) is 10.1 Å². The molecule has 1 aliphatic carbocycles. The maximum absolute atomic E-state index is 12.6. The molecule has 0 fully saturated rings. The van der Waals surface area contributed by atoms with Crippen molar-refractivity contribution in [1.29, 1.82) is 0 Å². The molecular formula is C18H16N4O5. The molecule has 0 saturated heterocycles. The number of aliphatic carboxylic acids is 1. The summed E-state index contributed by atoms with van der Waals surface area (Å²) in [6, 6.07) is 8.87. The van der Waals surface area contributed by atoms with Crippen LogP contribution >= 0.6 is 0 Å². The Balaban J connectivity index is 1.79. The lowest BCUT2D eigenvalue weighted by atomic mass is 9.93. The highest BCUT2D eigenvalue weighted by atomic mass is 16.6. The van der Waals surface area contributed by atoms with Gasteiger partial charge in [-0.25, -0.2) is 4.79 Å². The SMILES string of the molecule is CC1=NN(c2ccccc2)C(=O)C1=NCC1CC=C(C(=O)O)C=C1[N+](=O)[O-]. The molecule has 0 bridgehead atoms. The number of carbonyl (C=O) groups is 2. The van der Waals surface area contributed by atoms with Crippen molar-refractivity contribution in [3.8, 4) is 0 Å². The Labute approximate surface area is 154 Å². The van der Waals surface area contributed by atoms with Crippen LogP contribution in [0.3, 0.4) is 0 Å². The predicted octanol–water partition coefficient (Wildman–Crippen LogP) is 2.04. The average Bonchev–Trinajstić information content (AvgIpc) is 2.94. The third-order valence-corrected chi connectivity index (χ3v) is 4.26. The smallest absolute Gasteiger partial charge is 0.335 e. The molecule has 2 aliphatic rings. The van der Waals surface area contributed by atoms with Crippen molar-refractivity contribution in [2.75, 3.05) is 11.6 Å². The Hall–Kier alpha value is -3.62. The summed E-state index contributed by atoms with van der Waals surface area (Å²) in [5.74, 6) is -2.23. The number of nitro groups is 1. The number of hydrogen-bond donors (Lipinski definition) is 1. The van der Waals surface area contributed by atoms with E-state index in [4.69, 9.17) is 5.11 Å². The van der Waals surface area contributed by atoms with E-state index in [-0.39, 0.29) is 29.9 Å². The predicted molar refractivity (Wildman–Crippen MR) is 98.2 cm³/mol. The van der Waals surface area contributed by atoms with Crippen LogP contribution in [0, 0.1) is 16.0 Å². The first kappa shape index (κ1) is 18.2. The molecule has 0 aromatic heterocycles. The summed E-state index contributed by atoms with van der Waals surface area (Å²) in [7, 11) is 0. The molecule has 138 valence electrons. The lowest BCUT2D eigenvalue weighted by Crippen LogP contribution is -2.28. The van der Waals surface area contributed by atoms with Crippen molar-refractivity contribution in [2.45, 2.75) is 13.3 Å². The molecule has 3 rings (SSSR count). The summed E-state index contributed by atoms with van der Waals surface area (Å²) < 4.78 is 0. The van der Waals surface area contributed by atoms with Gasteiger partial charge in [0.2, 0.25) is 0 Å². The van der Waals surface area contributed by atoms with Crippen LogP contribution in [0.2, 0.25) is 0 Å². The fourth-order valence-corrected chi connectivity index (χ4v) is 2.87. The Morgan fingerprint density at radius 1 is 1.41 bits per heavy atom. The Morgan fingerprint density at radius 3 is 2.74 bits per heavy atom. The number of hydrazone groups is 1. The molecule has 9 heteroatoms. The number of anilines is 1. The highest BCUT2D eigenvalue weighted by molar-refractivity contribution is 6.71. The van der Waals surface area contributed by atoms with Crippen LogP contribution < -0.4 is 5.01 Å². The molecule has 1 aromatic carbocycles. The van der Waals surface area contributed by atoms with Gasteiger partial charge in [-0.2, -0.15) is 10.1 Å². The Kier molecular flexibility index (Phi) is 4.93. The molecule has 9 nitrogen and oxygen atoms in total. The zero-order valence-electron chi connectivity index (χ0n) is 14.4. The zero-order valence-corrected chi connectivity index (χ0v) is 14.4. The summed E-state index contributed by atoms with van der Waals surface area (Å²) >= 11 is 0. The molecule has 1 amide bonds. The molecule has 0 radical (unpaired) electrons. The molecule has 1 aromatic rings. The first-order chi connectivity index (χ1) is 12.9. The van der Waals surface area contributed by atoms with Crippen LogP contribution in [0.25, 0.3) is 0 Å². The minimum Gasteiger partial charge on any atom is -0.478 e. The molecular weight excluding hydrogens is 352 g/mol. The third-order valence-electron chi connectivity index (χ3n) is 4.26. The van der Waals surface area contributed by atoms with Crippen LogP contribution in [0.1, 0.15) is 13.3 Å². The second kappa shape index (κ2) is 7.32. The highest BCUT2D eigenvalue weighted by Gasteiger charge is 2.33. The molecule has 0 saturated carbocycles. The van der Waals surface area contributed by atoms with E-state index in [1.165, 1.54) is 11.1 Å². The van der Waals surface area contributed by atoms with Crippen LogP contribution in [0.4, 0.5) is 5.69 Å².